The van der Waals surface area contributed by atoms with E-state index >= 15 is 0 Å². The van der Waals surface area contributed by atoms with Gasteiger partial charge in [0, 0.05) is 10.0 Å². The van der Waals surface area contributed by atoms with Gasteiger partial charge in [-0.05, 0) is 43.3 Å². The van der Waals surface area contributed by atoms with Crippen LogP contribution in [-0.4, -0.2) is 29.4 Å². The molecular formula is C25H18BrN3O3. The van der Waals surface area contributed by atoms with Crippen molar-refractivity contribution in [1.82, 2.24) is 0 Å². The number of halogens is 1. The van der Waals surface area contributed by atoms with Gasteiger partial charge in [-0.15, -0.1) is 0 Å². The quantitative estimate of drug-likeness (QED) is 0.404. The van der Waals surface area contributed by atoms with Crippen molar-refractivity contribution < 1.29 is 14.4 Å². The summed E-state index contributed by atoms with van der Waals surface area (Å²) in [6.45, 7) is 1.96. The molecule has 2 amide bonds. The number of anilines is 2. The third kappa shape index (κ3) is 3.26. The highest BCUT2D eigenvalue weighted by molar-refractivity contribution is 9.10. The normalized spacial score (nSPS) is 19.9. The Labute approximate surface area is 193 Å². The van der Waals surface area contributed by atoms with Crippen LogP contribution in [0.15, 0.2) is 88.4 Å². The van der Waals surface area contributed by atoms with Gasteiger partial charge in [0.2, 0.25) is 11.7 Å². The number of hydrogen-bond donors (Lipinski definition) is 0. The maximum absolute atomic E-state index is 13.5. The van der Waals surface area contributed by atoms with Crippen molar-refractivity contribution in [2.45, 2.75) is 13.0 Å². The zero-order chi connectivity index (χ0) is 22.4. The molecule has 5 rings (SSSR count). The molecule has 2 heterocycles. The van der Waals surface area contributed by atoms with Crippen LogP contribution in [0.4, 0.5) is 11.4 Å². The molecule has 0 bridgehead atoms. The molecule has 158 valence electrons. The number of hydrogen-bond acceptors (Lipinski definition) is 5. The number of nitrogens with zero attached hydrogens (tertiary/aromatic N) is 3. The van der Waals surface area contributed by atoms with E-state index in [1.54, 1.807) is 48.5 Å². The average Bonchev–Trinajstić information content (AvgIpc) is 3.32. The molecule has 3 aromatic carbocycles. The molecule has 7 heteroatoms. The van der Waals surface area contributed by atoms with Gasteiger partial charge in [-0.3, -0.25) is 19.4 Å². The first-order chi connectivity index (χ1) is 15.5. The lowest BCUT2D eigenvalue weighted by Crippen LogP contribution is -2.39. The number of carbonyl (C=O) groups excluding carboxylic acids is 3. The molecule has 6 nitrogen and oxygen atoms in total. The molecule has 0 saturated carbocycles. The van der Waals surface area contributed by atoms with E-state index in [1.165, 1.54) is 5.01 Å². The molecule has 0 N–H and O–H groups in total. The van der Waals surface area contributed by atoms with Gasteiger partial charge >= 0.3 is 0 Å². The van der Waals surface area contributed by atoms with E-state index in [2.05, 4.69) is 21.0 Å². The standard InChI is InChI=1S/C25H18BrN3O3/c1-15-7-11-19(12-8-15)29-22-20(21(27-29)23(30)16-5-3-2-4-6-16)24(31)28(25(22)32)18-13-9-17(26)10-14-18/h2-14,20,22H,1H3/t20-,22+/m0/s1. The Balaban J connectivity index is 1.61. The van der Waals surface area contributed by atoms with Gasteiger partial charge < -0.3 is 0 Å². The van der Waals surface area contributed by atoms with Crippen LogP contribution >= 0.6 is 15.9 Å². The molecular weight excluding hydrogens is 470 g/mol. The fraction of sp³-hybridized carbons (Fsp3) is 0.120. The first-order valence-corrected chi connectivity index (χ1v) is 10.9. The molecule has 2 aliphatic rings. The minimum Gasteiger partial charge on any atom is -0.287 e. The molecule has 0 aliphatic carbocycles. The average molecular weight is 488 g/mol. The predicted octanol–water partition coefficient (Wildman–Crippen LogP) is 4.37. The smallest absolute Gasteiger partial charge is 0.259 e. The lowest BCUT2D eigenvalue weighted by atomic mass is 9.92. The Morgan fingerprint density at radius 2 is 1.47 bits per heavy atom. The number of ketones is 1. The van der Waals surface area contributed by atoms with E-state index in [9.17, 15) is 14.4 Å². The molecule has 2 aliphatic heterocycles. The predicted molar refractivity (Wildman–Crippen MR) is 126 cm³/mol. The van der Waals surface area contributed by atoms with E-state index in [-0.39, 0.29) is 11.5 Å². The summed E-state index contributed by atoms with van der Waals surface area (Å²) in [4.78, 5) is 41.5. The van der Waals surface area contributed by atoms with Crippen molar-refractivity contribution in [1.29, 1.82) is 0 Å². The van der Waals surface area contributed by atoms with Gasteiger partial charge in [0.15, 0.2) is 0 Å². The van der Waals surface area contributed by atoms with Gasteiger partial charge in [0.25, 0.3) is 5.91 Å². The summed E-state index contributed by atoms with van der Waals surface area (Å²) in [5.41, 5.74) is 2.69. The summed E-state index contributed by atoms with van der Waals surface area (Å²) in [5, 5.41) is 6.03. The largest absolute Gasteiger partial charge is 0.287 e. The molecule has 3 aromatic rings. The van der Waals surface area contributed by atoms with Crippen LogP contribution in [0.3, 0.4) is 0 Å². The number of Topliss-reactive ketones (excluding diaryl/α,β-unsaturated/α-hetero) is 1. The number of imide groups is 1. The van der Waals surface area contributed by atoms with Crippen molar-refractivity contribution in [2.75, 3.05) is 9.91 Å². The van der Waals surface area contributed by atoms with Gasteiger partial charge in [-0.2, -0.15) is 5.10 Å². The Morgan fingerprint density at radius 1 is 0.844 bits per heavy atom. The Bertz CT molecular complexity index is 1250. The third-order valence-electron chi connectivity index (χ3n) is 5.70. The van der Waals surface area contributed by atoms with Crippen LogP contribution < -0.4 is 9.91 Å². The third-order valence-corrected chi connectivity index (χ3v) is 6.23. The van der Waals surface area contributed by atoms with Gasteiger partial charge in [0.1, 0.15) is 17.7 Å². The Hall–Kier alpha value is -3.58. The zero-order valence-corrected chi connectivity index (χ0v) is 18.7. The first kappa shape index (κ1) is 20.3. The summed E-state index contributed by atoms with van der Waals surface area (Å²) < 4.78 is 0.836. The lowest BCUT2D eigenvalue weighted by Gasteiger charge is -2.22. The zero-order valence-electron chi connectivity index (χ0n) is 17.1. The SMILES string of the molecule is Cc1ccc(N2N=C(C(=O)c3ccccc3)[C@@H]3C(=O)N(c4ccc(Br)cc4)C(=O)[C@@H]32)cc1. The second-order valence-electron chi connectivity index (χ2n) is 7.77. The highest BCUT2D eigenvalue weighted by Gasteiger charge is 2.58. The van der Waals surface area contributed by atoms with Crippen LogP contribution in [0.1, 0.15) is 15.9 Å². The molecule has 32 heavy (non-hydrogen) atoms. The summed E-state index contributed by atoms with van der Waals surface area (Å²) >= 11 is 3.37. The number of benzene rings is 3. The van der Waals surface area contributed by atoms with E-state index in [0.717, 1.165) is 14.9 Å². The van der Waals surface area contributed by atoms with E-state index in [4.69, 9.17) is 0 Å². The summed E-state index contributed by atoms with van der Waals surface area (Å²) in [6, 6.07) is 22.2. The van der Waals surface area contributed by atoms with Crippen molar-refractivity contribution in [2.24, 2.45) is 11.0 Å². The summed E-state index contributed by atoms with van der Waals surface area (Å²) in [5.74, 6) is -2.17. The maximum Gasteiger partial charge on any atom is 0.259 e. The maximum atomic E-state index is 13.5. The van der Waals surface area contributed by atoms with Crippen LogP contribution in [0.2, 0.25) is 0 Å². The molecule has 0 radical (unpaired) electrons. The fourth-order valence-corrected chi connectivity index (χ4v) is 4.36. The monoisotopic (exact) mass is 487 g/mol. The van der Waals surface area contributed by atoms with Crippen LogP contribution in [0, 0.1) is 12.8 Å². The molecule has 2 atom stereocenters. The molecule has 1 saturated heterocycles. The highest BCUT2D eigenvalue weighted by atomic mass is 79.9. The number of amides is 2. The Morgan fingerprint density at radius 3 is 2.12 bits per heavy atom. The molecule has 1 fully saturated rings. The Kier molecular flexibility index (Phi) is 4.98. The lowest BCUT2D eigenvalue weighted by molar-refractivity contribution is -0.121. The van der Waals surface area contributed by atoms with Gasteiger partial charge in [0.05, 0.1) is 11.4 Å². The van der Waals surface area contributed by atoms with Crippen LogP contribution in [0.25, 0.3) is 0 Å². The van der Waals surface area contributed by atoms with Crippen LogP contribution in [0.5, 0.6) is 0 Å². The molecule has 0 aromatic heterocycles. The fourth-order valence-electron chi connectivity index (χ4n) is 4.09. The highest BCUT2D eigenvalue weighted by Crippen LogP contribution is 2.38. The van der Waals surface area contributed by atoms with Crippen molar-refractivity contribution in [3.05, 3.63) is 94.5 Å². The number of fused-ring (bicyclic) bond motifs is 1. The van der Waals surface area contributed by atoms with Crippen molar-refractivity contribution in [3.8, 4) is 0 Å². The number of aryl methyl sites for hydroxylation is 1. The first-order valence-electron chi connectivity index (χ1n) is 10.1. The summed E-state index contributed by atoms with van der Waals surface area (Å²) in [6.07, 6.45) is 0. The second kappa shape index (κ2) is 7.84. The number of hydrazone groups is 1. The second-order valence-corrected chi connectivity index (χ2v) is 8.69. The topological polar surface area (TPSA) is 70.1 Å². The molecule has 0 unspecified atom stereocenters. The van der Waals surface area contributed by atoms with Gasteiger partial charge in [-0.25, -0.2) is 4.90 Å². The minimum atomic E-state index is -0.972. The number of rotatable bonds is 4. The molecule has 0 spiro atoms. The minimum absolute atomic E-state index is 0.0831. The van der Waals surface area contributed by atoms with E-state index in [1.807, 2.05) is 37.3 Å². The number of carbonyl (C=O) groups is 3. The van der Waals surface area contributed by atoms with Crippen molar-refractivity contribution >= 4 is 50.6 Å². The van der Waals surface area contributed by atoms with Crippen LogP contribution in [-0.2, 0) is 9.59 Å². The van der Waals surface area contributed by atoms with Gasteiger partial charge in [-0.1, -0.05) is 64.0 Å². The van der Waals surface area contributed by atoms with E-state index < -0.39 is 23.8 Å². The van der Waals surface area contributed by atoms with Crippen molar-refractivity contribution in [3.63, 3.8) is 0 Å². The summed E-state index contributed by atoms with van der Waals surface area (Å²) in [7, 11) is 0. The van der Waals surface area contributed by atoms with E-state index in [0.29, 0.717) is 16.9 Å².